The Morgan fingerprint density at radius 1 is 1.04 bits per heavy atom. The number of nitrogens with zero attached hydrogens (tertiary/aromatic N) is 1. The van der Waals surface area contributed by atoms with Crippen LogP contribution in [-0.4, -0.2) is 10.9 Å². The van der Waals surface area contributed by atoms with E-state index in [1.54, 1.807) is 0 Å². The van der Waals surface area contributed by atoms with Crippen molar-refractivity contribution < 1.29 is 9.21 Å². The highest BCUT2D eigenvalue weighted by Gasteiger charge is 2.18. The Bertz CT molecular complexity index is 865. The summed E-state index contributed by atoms with van der Waals surface area (Å²) >= 11 is 0. The van der Waals surface area contributed by atoms with Gasteiger partial charge in [-0.2, -0.15) is 0 Å². The Hall–Kier alpha value is -2.88. The van der Waals surface area contributed by atoms with Crippen molar-refractivity contribution in [3.8, 4) is 11.3 Å². The number of aromatic nitrogens is 1. The number of carbonyl (C=O) groups is 1. The van der Waals surface area contributed by atoms with Gasteiger partial charge < -0.3 is 9.73 Å². The van der Waals surface area contributed by atoms with Crippen LogP contribution >= 0.6 is 0 Å². The van der Waals surface area contributed by atoms with Gasteiger partial charge >= 0.3 is 0 Å². The predicted molar refractivity (Wildman–Crippen MR) is 90.5 cm³/mol. The third-order valence-corrected chi connectivity index (χ3v) is 3.83. The van der Waals surface area contributed by atoms with Gasteiger partial charge in [0, 0.05) is 11.3 Å². The third-order valence-electron chi connectivity index (χ3n) is 3.83. The maximum atomic E-state index is 12.5. The second-order valence-electron chi connectivity index (χ2n) is 5.65. The van der Waals surface area contributed by atoms with E-state index in [4.69, 9.17) is 4.42 Å². The van der Waals surface area contributed by atoms with Crippen LogP contribution in [0, 0.1) is 20.8 Å². The van der Waals surface area contributed by atoms with Crippen molar-refractivity contribution in [1.29, 1.82) is 0 Å². The molecule has 0 saturated carbocycles. The minimum absolute atomic E-state index is 0.279. The first-order chi connectivity index (χ1) is 11.0. The van der Waals surface area contributed by atoms with Gasteiger partial charge in [-0.1, -0.05) is 29.8 Å². The summed E-state index contributed by atoms with van der Waals surface area (Å²) in [5.74, 6) is 0.202. The summed E-state index contributed by atoms with van der Waals surface area (Å²) < 4.78 is 5.44. The highest BCUT2D eigenvalue weighted by molar-refractivity contribution is 6.06. The summed E-state index contributed by atoms with van der Waals surface area (Å²) in [7, 11) is 0. The fourth-order valence-corrected chi connectivity index (χ4v) is 2.41. The second-order valence-corrected chi connectivity index (χ2v) is 5.65. The van der Waals surface area contributed by atoms with E-state index in [9.17, 15) is 4.79 Å². The van der Waals surface area contributed by atoms with Crippen LogP contribution in [0.4, 0.5) is 5.69 Å². The zero-order valence-corrected chi connectivity index (χ0v) is 13.4. The molecule has 116 valence electrons. The standard InChI is InChI=1S/C19H18N2O2/c1-12-5-4-6-15(9-12)18-17(20-11-23-18)19(22)21-16-8-7-13(2)14(3)10-16/h4-11H,1-3H3,(H,21,22). The van der Waals surface area contributed by atoms with Crippen LogP contribution in [0.3, 0.4) is 0 Å². The van der Waals surface area contributed by atoms with Crippen LogP contribution in [0.25, 0.3) is 11.3 Å². The summed E-state index contributed by atoms with van der Waals surface area (Å²) in [5, 5.41) is 2.88. The second kappa shape index (κ2) is 6.08. The van der Waals surface area contributed by atoms with Crippen LogP contribution in [0.2, 0.25) is 0 Å². The molecule has 2 aromatic carbocycles. The zero-order chi connectivity index (χ0) is 16.4. The largest absolute Gasteiger partial charge is 0.443 e. The first-order valence-electron chi connectivity index (χ1n) is 7.44. The molecule has 0 unspecified atom stereocenters. The summed E-state index contributed by atoms with van der Waals surface area (Å²) in [6.45, 7) is 6.04. The maximum absolute atomic E-state index is 12.5. The van der Waals surface area contributed by atoms with E-state index in [1.165, 1.54) is 12.0 Å². The molecule has 0 aliphatic rings. The highest BCUT2D eigenvalue weighted by Crippen LogP contribution is 2.25. The number of amides is 1. The molecule has 1 aromatic heterocycles. The van der Waals surface area contributed by atoms with E-state index >= 15 is 0 Å². The summed E-state index contributed by atoms with van der Waals surface area (Å²) in [6, 6.07) is 13.6. The topological polar surface area (TPSA) is 55.1 Å². The number of carbonyl (C=O) groups excluding carboxylic acids is 1. The van der Waals surface area contributed by atoms with Crippen LogP contribution in [0.1, 0.15) is 27.2 Å². The molecule has 23 heavy (non-hydrogen) atoms. The van der Waals surface area contributed by atoms with Crippen LogP contribution in [0.15, 0.2) is 53.3 Å². The Labute approximate surface area is 135 Å². The van der Waals surface area contributed by atoms with Gasteiger partial charge in [0.2, 0.25) is 0 Å². The summed E-state index contributed by atoms with van der Waals surface area (Å²) in [4.78, 5) is 16.6. The monoisotopic (exact) mass is 306 g/mol. The molecule has 1 amide bonds. The number of oxazole rings is 1. The van der Waals surface area contributed by atoms with E-state index < -0.39 is 0 Å². The Kier molecular flexibility index (Phi) is 3.98. The van der Waals surface area contributed by atoms with Gasteiger partial charge in [0.25, 0.3) is 5.91 Å². The van der Waals surface area contributed by atoms with E-state index in [-0.39, 0.29) is 11.6 Å². The molecule has 1 heterocycles. The number of benzene rings is 2. The smallest absolute Gasteiger partial charge is 0.278 e. The molecule has 1 N–H and O–H groups in total. The molecule has 3 aromatic rings. The molecule has 0 radical (unpaired) electrons. The first kappa shape index (κ1) is 15.0. The number of nitrogens with one attached hydrogen (secondary N) is 1. The molecule has 0 spiro atoms. The van der Waals surface area contributed by atoms with E-state index in [0.717, 1.165) is 22.4 Å². The van der Waals surface area contributed by atoms with Crippen molar-refractivity contribution in [1.82, 2.24) is 4.98 Å². The van der Waals surface area contributed by atoms with E-state index in [0.29, 0.717) is 5.76 Å². The average molecular weight is 306 g/mol. The van der Waals surface area contributed by atoms with Crippen molar-refractivity contribution in [2.75, 3.05) is 5.32 Å². The van der Waals surface area contributed by atoms with Gasteiger partial charge in [-0.15, -0.1) is 0 Å². The van der Waals surface area contributed by atoms with Crippen molar-refractivity contribution in [2.45, 2.75) is 20.8 Å². The molecule has 0 saturated heterocycles. The lowest BCUT2D eigenvalue weighted by Gasteiger charge is -2.07. The van der Waals surface area contributed by atoms with Crippen LogP contribution in [0.5, 0.6) is 0 Å². The first-order valence-corrected chi connectivity index (χ1v) is 7.44. The van der Waals surface area contributed by atoms with Gasteiger partial charge in [-0.25, -0.2) is 4.98 Å². The number of rotatable bonds is 3. The van der Waals surface area contributed by atoms with Crippen molar-refractivity contribution in [3.63, 3.8) is 0 Å². The maximum Gasteiger partial charge on any atom is 0.278 e. The minimum Gasteiger partial charge on any atom is -0.443 e. The van der Waals surface area contributed by atoms with Crippen LogP contribution in [-0.2, 0) is 0 Å². The van der Waals surface area contributed by atoms with Gasteiger partial charge in [-0.3, -0.25) is 4.79 Å². The zero-order valence-electron chi connectivity index (χ0n) is 13.4. The SMILES string of the molecule is Cc1cccc(-c2ocnc2C(=O)Nc2ccc(C)c(C)c2)c1. The van der Waals surface area contributed by atoms with Crippen LogP contribution < -0.4 is 5.32 Å². The van der Waals surface area contributed by atoms with E-state index in [1.807, 2.05) is 63.2 Å². The van der Waals surface area contributed by atoms with Crippen molar-refractivity contribution in [2.24, 2.45) is 0 Å². The molecule has 0 fully saturated rings. The number of anilines is 1. The van der Waals surface area contributed by atoms with E-state index in [2.05, 4.69) is 10.3 Å². The fourth-order valence-electron chi connectivity index (χ4n) is 2.41. The molecule has 4 heteroatoms. The quantitative estimate of drug-likeness (QED) is 0.774. The normalized spacial score (nSPS) is 10.6. The molecular formula is C19H18N2O2. The molecule has 0 bridgehead atoms. The number of aryl methyl sites for hydroxylation is 3. The Balaban J connectivity index is 1.89. The lowest BCUT2D eigenvalue weighted by Crippen LogP contribution is -2.13. The number of hydrogen-bond acceptors (Lipinski definition) is 3. The minimum atomic E-state index is -0.279. The van der Waals surface area contributed by atoms with Gasteiger partial charge in [-0.05, 0) is 50.1 Å². The molecular weight excluding hydrogens is 288 g/mol. The van der Waals surface area contributed by atoms with Gasteiger partial charge in [0.15, 0.2) is 17.8 Å². The number of hydrogen-bond donors (Lipinski definition) is 1. The fraction of sp³-hybridized carbons (Fsp3) is 0.158. The Morgan fingerprint density at radius 3 is 2.61 bits per heavy atom. The molecule has 0 aliphatic carbocycles. The predicted octanol–water partition coefficient (Wildman–Crippen LogP) is 4.52. The average Bonchev–Trinajstić information content (AvgIpc) is 3.00. The molecule has 4 nitrogen and oxygen atoms in total. The summed E-state index contributed by atoms with van der Waals surface area (Å²) in [6.07, 6.45) is 1.30. The lowest BCUT2D eigenvalue weighted by atomic mass is 10.1. The van der Waals surface area contributed by atoms with Gasteiger partial charge in [0.05, 0.1) is 0 Å². The van der Waals surface area contributed by atoms with Crippen molar-refractivity contribution >= 4 is 11.6 Å². The molecule has 3 rings (SSSR count). The highest BCUT2D eigenvalue weighted by atomic mass is 16.3. The third kappa shape index (κ3) is 3.16. The Morgan fingerprint density at radius 2 is 1.87 bits per heavy atom. The van der Waals surface area contributed by atoms with Gasteiger partial charge in [0.1, 0.15) is 0 Å². The molecule has 0 atom stereocenters. The summed E-state index contributed by atoms with van der Waals surface area (Å²) in [5.41, 5.74) is 5.28. The van der Waals surface area contributed by atoms with Crippen molar-refractivity contribution in [3.05, 3.63) is 71.2 Å². The lowest BCUT2D eigenvalue weighted by molar-refractivity contribution is 0.102. The molecule has 0 aliphatic heterocycles.